The lowest BCUT2D eigenvalue weighted by Crippen LogP contribution is -2.58. The summed E-state index contributed by atoms with van der Waals surface area (Å²) in [5.41, 5.74) is -0.200. The molecule has 2 heterocycles. The van der Waals surface area contributed by atoms with Gasteiger partial charge in [-0.15, -0.1) is 0 Å². The Bertz CT molecular complexity index is 434. The topological polar surface area (TPSA) is 65.1 Å². The number of amides is 3. The van der Waals surface area contributed by atoms with Crippen LogP contribution in [0.1, 0.15) is 40.5 Å². The van der Waals surface area contributed by atoms with Gasteiger partial charge in [0.2, 0.25) is 0 Å². The van der Waals surface area contributed by atoms with Gasteiger partial charge in [-0.05, 0) is 40.5 Å². The molecule has 2 rings (SSSR count). The summed E-state index contributed by atoms with van der Waals surface area (Å²) in [5.74, 6) is 0. The normalized spacial score (nSPS) is 20.8. The zero-order valence-electron chi connectivity index (χ0n) is 15.5. The van der Waals surface area contributed by atoms with Crippen molar-refractivity contribution in [1.82, 2.24) is 20.0 Å². The minimum absolute atomic E-state index is 0.0271. The summed E-state index contributed by atoms with van der Waals surface area (Å²) in [4.78, 5) is 30.1. The van der Waals surface area contributed by atoms with Crippen molar-refractivity contribution in [2.45, 2.75) is 52.1 Å². The third kappa shape index (κ3) is 5.26. The largest absolute Gasteiger partial charge is 0.450 e. The molecule has 7 heteroatoms. The summed E-state index contributed by atoms with van der Waals surface area (Å²) in [6.07, 6.45) is 1.76. The number of hydrogen-bond acceptors (Lipinski definition) is 4. The van der Waals surface area contributed by atoms with Gasteiger partial charge in [0.15, 0.2) is 0 Å². The van der Waals surface area contributed by atoms with Crippen molar-refractivity contribution in [3.8, 4) is 0 Å². The molecule has 2 aliphatic heterocycles. The maximum absolute atomic E-state index is 12.2. The number of nitrogens with zero attached hydrogens (tertiary/aromatic N) is 3. The lowest BCUT2D eigenvalue weighted by Gasteiger charge is -2.42. The Labute approximate surface area is 145 Å². The number of carbonyl (C=O) groups excluding carboxylic acids is 2. The number of ether oxygens (including phenoxy) is 1. The van der Waals surface area contributed by atoms with Gasteiger partial charge < -0.3 is 19.9 Å². The lowest BCUT2D eigenvalue weighted by molar-refractivity contribution is 0.0561. The molecule has 0 aromatic carbocycles. The van der Waals surface area contributed by atoms with Crippen molar-refractivity contribution < 1.29 is 14.3 Å². The number of urea groups is 1. The van der Waals surface area contributed by atoms with E-state index < -0.39 is 0 Å². The van der Waals surface area contributed by atoms with E-state index in [-0.39, 0.29) is 17.7 Å². The molecule has 0 radical (unpaired) electrons. The van der Waals surface area contributed by atoms with Crippen LogP contribution in [0.25, 0.3) is 0 Å². The molecule has 3 amide bonds. The van der Waals surface area contributed by atoms with Crippen molar-refractivity contribution in [3.05, 3.63) is 0 Å². The van der Waals surface area contributed by atoms with Crippen LogP contribution in [0.15, 0.2) is 0 Å². The van der Waals surface area contributed by atoms with Gasteiger partial charge in [-0.3, -0.25) is 4.90 Å². The number of nitrogens with one attached hydrogen (secondary N) is 1. The Kier molecular flexibility index (Phi) is 6.32. The fourth-order valence-electron chi connectivity index (χ4n) is 3.32. The maximum Gasteiger partial charge on any atom is 0.409 e. The summed E-state index contributed by atoms with van der Waals surface area (Å²) in [5, 5.41) is 3.02. The summed E-state index contributed by atoms with van der Waals surface area (Å²) >= 11 is 0. The molecule has 0 aromatic rings. The van der Waals surface area contributed by atoms with Gasteiger partial charge in [-0.1, -0.05) is 0 Å². The van der Waals surface area contributed by atoms with Crippen molar-refractivity contribution in [2.75, 3.05) is 45.9 Å². The summed E-state index contributed by atoms with van der Waals surface area (Å²) in [6.45, 7) is 13.1. The molecular formula is C17H32N4O3. The Balaban J connectivity index is 1.74. The minimum atomic E-state index is -0.200. The van der Waals surface area contributed by atoms with E-state index in [1.807, 2.05) is 32.6 Å². The molecular weight excluding hydrogens is 308 g/mol. The van der Waals surface area contributed by atoms with Gasteiger partial charge >= 0.3 is 12.1 Å². The molecule has 0 spiro atoms. The molecule has 2 aliphatic rings. The Hall–Kier alpha value is -1.50. The smallest absolute Gasteiger partial charge is 0.409 e. The third-order valence-electron chi connectivity index (χ3n) is 4.59. The van der Waals surface area contributed by atoms with Crippen LogP contribution in [0, 0.1) is 0 Å². The average Bonchev–Trinajstić information content (AvgIpc) is 2.54. The molecule has 2 fully saturated rings. The van der Waals surface area contributed by atoms with E-state index in [2.05, 4.69) is 10.2 Å². The second-order valence-electron chi connectivity index (χ2n) is 7.62. The molecule has 2 saturated heterocycles. The predicted molar refractivity (Wildman–Crippen MR) is 93.0 cm³/mol. The van der Waals surface area contributed by atoms with Gasteiger partial charge in [-0.2, -0.15) is 0 Å². The number of rotatable bonds is 2. The van der Waals surface area contributed by atoms with Crippen LogP contribution in [0.4, 0.5) is 9.59 Å². The quantitative estimate of drug-likeness (QED) is 0.831. The van der Waals surface area contributed by atoms with Crippen LogP contribution in [0.2, 0.25) is 0 Å². The highest BCUT2D eigenvalue weighted by molar-refractivity contribution is 5.75. The molecule has 138 valence electrons. The Morgan fingerprint density at radius 1 is 1.00 bits per heavy atom. The van der Waals surface area contributed by atoms with Crippen molar-refractivity contribution in [3.63, 3.8) is 0 Å². The Morgan fingerprint density at radius 3 is 2.08 bits per heavy atom. The number of piperidine rings is 1. The number of likely N-dealkylation sites (tertiary alicyclic amines) is 1. The first-order valence-electron chi connectivity index (χ1n) is 9.03. The SMILES string of the molecule is CCOC(=O)N1CCC(N2CCN(C(=O)NC(C)(C)C)CC2)CC1. The first-order chi connectivity index (χ1) is 11.3. The van der Waals surface area contributed by atoms with Gasteiger partial charge in [0.25, 0.3) is 0 Å². The van der Waals surface area contributed by atoms with E-state index >= 15 is 0 Å². The lowest BCUT2D eigenvalue weighted by atomic mass is 10.0. The van der Waals surface area contributed by atoms with Crippen LogP contribution in [-0.4, -0.2) is 84.3 Å². The molecule has 7 nitrogen and oxygen atoms in total. The van der Waals surface area contributed by atoms with Gasteiger partial charge in [0.05, 0.1) is 6.61 Å². The molecule has 24 heavy (non-hydrogen) atoms. The van der Waals surface area contributed by atoms with Gasteiger partial charge in [0, 0.05) is 50.8 Å². The van der Waals surface area contributed by atoms with E-state index in [1.165, 1.54) is 0 Å². The van der Waals surface area contributed by atoms with Crippen molar-refractivity contribution in [2.24, 2.45) is 0 Å². The molecule has 0 aromatic heterocycles. The first-order valence-corrected chi connectivity index (χ1v) is 9.03. The minimum Gasteiger partial charge on any atom is -0.450 e. The first kappa shape index (κ1) is 18.8. The standard InChI is InChI=1S/C17H32N4O3/c1-5-24-16(23)21-8-6-14(7-9-21)19-10-12-20(13-11-19)15(22)18-17(2,3)4/h14H,5-13H2,1-4H3,(H,18,22). The molecule has 1 N–H and O–H groups in total. The molecule has 0 unspecified atom stereocenters. The number of piperazine rings is 1. The van der Waals surface area contributed by atoms with Crippen LogP contribution in [0.5, 0.6) is 0 Å². The van der Waals surface area contributed by atoms with E-state index in [4.69, 9.17) is 4.74 Å². The fourth-order valence-corrected chi connectivity index (χ4v) is 3.32. The van der Waals surface area contributed by atoms with Crippen molar-refractivity contribution in [1.29, 1.82) is 0 Å². The zero-order valence-corrected chi connectivity index (χ0v) is 15.5. The van der Waals surface area contributed by atoms with Gasteiger partial charge in [-0.25, -0.2) is 9.59 Å². The van der Waals surface area contributed by atoms with Crippen molar-refractivity contribution >= 4 is 12.1 Å². The zero-order chi connectivity index (χ0) is 17.7. The highest BCUT2D eigenvalue weighted by Gasteiger charge is 2.31. The second-order valence-corrected chi connectivity index (χ2v) is 7.62. The predicted octanol–water partition coefficient (Wildman–Crippen LogP) is 1.73. The van der Waals surface area contributed by atoms with Crippen LogP contribution >= 0.6 is 0 Å². The average molecular weight is 340 g/mol. The highest BCUT2D eigenvalue weighted by Crippen LogP contribution is 2.19. The van der Waals surface area contributed by atoms with Crippen LogP contribution in [0.3, 0.4) is 0 Å². The van der Waals surface area contributed by atoms with E-state index in [0.717, 1.165) is 52.1 Å². The molecule has 0 bridgehead atoms. The van der Waals surface area contributed by atoms with E-state index in [9.17, 15) is 9.59 Å². The highest BCUT2D eigenvalue weighted by atomic mass is 16.6. The monoisotopic (exact) mass is 340 g/mol. The fraction of sp³-hybridized carbons (Fsp3) is 0.882. The van der Waals surface area contributed by atoms with E-state index in [1.54, 1.807) is 4.90 Å². The number of carbonyl (C=O) groups is 2. The molecule has 0 saturated carbocycles. The molecule has 0 atom stereocenters. The Morgan fingerprint density at radius 2 is 1.58 bits per heavy atom. The van der Waals surface area contributed by atoms with Gasteiger partial charge in [0.1, 0.15) is 0 Å². The summed E-state index contributed by atoms with van der Waals surface area (Å²) in [6, 6.07) is 0.530. The third-order valence-corrected chi connectivity index (χ3v) is 4.59. The summed E-state index contributed by atoms with van der Waals surface area (Å²) in [7, 11) is 0. The van der Waals surface area contributed by atoms with Crippen LogP contribution in [-0.2, 0) is 4.74 Å². The summed E-state index contributed by atoms with van der Waals surface area (Å²) < 4.78 is 5.06. The number of hydrogen-bond donors (Lipinski definition) is 1. The second kappa shape index (κ2) is 8.05. The van der Waals surface area contributed by atoms with Crippen LogP contribution < -0.4 is 5.32 Å². The maximum atomic E-state index is 12.2. The van der Waals surface area contributed by atoms with E-state index in [0.29, 0.717) is 12.6 Å². The molecule has 0 aliphatic carbocycles.